The second-order valence-corrected chi connectivity index (χ2v) is 3.65. The van der Waals surface area contributed by atoms with Crippen molar-refractivity contribution in [2.24, 2.45) is 0 Å². The lowest BCUT2D eigenvalue weighted by atomic mass is 10.2. The van der Waals surface area contributed by atoms with Crippen molar-refractivity contribution in [1.82, 2.24) is 19.7 Å². The minimum Gasteiger partial charge on any atom is -0.304 e. The van der Waals surface area contributed by atoms with E-state index in [4.69, 9.17) is 11.6 Å². The van der Waals surface area contributed by atoms with Gasteiger partial charge in [-0.15, -0.1) is 10.2 Å². The van der Waals surface area contributed by atoms with Gasteiger partial charge >= 0.3 is 0 Å². The molecule has 2 aromatic rings. The molecule has 0 aliphatic carbocycles. The van der Waals surface area contributed by atoms with Gasteiger partial charge in [0.25, 0.3) is 0 Å². The number of hydrogen-bond donors (Lipinski definition) is 0. The van der Waals surface area contributed by atoms with Crippen LogP contribution in [0.5, 0.6) is 0 Å². The fourth-order valence-electron chi connectivity index (χ4n) is 1.40. The normalized spacial score (nSPS) is 10.5. The van der Waals surface area contributed by atoms with E-state index in [0.717, 1.165) is 18.7 Å². The standard InChI is InChI=1S/C10H11ClN4/c1-8-3-2-5-12-9(8)4-6-15-7-13-14-10(15)11/h2-3,5,7H,4,6H2,1H3. The molecule has 78 valence electrons. The van der Waals surface area contributed by atoms with Gasteiger partial charge in [-0.1, -0.05) is 6.07 Å². The van der Waals surface area contributed by atoms with Crippen molar-refractivity contribution in [2.75, 3.05) is 0 Å². The number of rotatable bonds is 3. The average molecular weight is 223 g/mol. The van der Waals surface area contributed by atoms with Gasteiger partial charge < -0.3 is 4.57 Å². The Morgan fingerprint density at radius 1 is 1.47 bits per heavy atom. The molecule has 0 radical (unpaired) electrons. The molecule has 0 amide bonds. The zero-order valence-corrected chi connectivity index (χ0v) is 9.15. The summed E-state index contributed by atoms with van der Waals surface area (Å²) in [5.74, 6) is 0. The van der Waals surface area contributed by atoms with Gasteiger partial charge in [-0.2, -0.15) is 0 Å². The highest BCUT2D eigenvalue weighted by Gasteiger charge is 2.02. The molecule has 0 aromatic carbocycles. The van der Waals surface area contributed by atoms with E-state index in [1.54, 1.807) is 17.1 Å². The maximum absolute atomic E-state index is 5.81. The molecule has 0 saturated carbocycles. The summed E-state index contributed by atoms with van der Waals surface area (Å²) in [7, 11) is 0. The minimum absolute atomic E-state index is 0.420. The summed E-state index contributed by atoms with van der Waals surface area (Å²) in [4.78, 5) is 4.31. The molecule has 0 aliphatic rings. The van der Waals surface area contributed by atoms with Crippen LogP contribution in [0.2, 0.25) is 5.28 Å². The van der Waals surface area contributed by atoms with Gasteiger partial charge in [-0.25, -0.2) is 0 Å². The fourth-order valence-corrected chi connectivity index (χ4v) is 1.57. The van der Waals surface area contributed by atoms with Crippen molar-refractivity contribution < 1.29 is 0 Å². The van der Waals surface area contributed by atoms with E-state index in [-0.39, 0.29) is 0 Å². The molecule has 0 atom stereocenters. The lowest BCUT2D eigenvalue weighted by molar-refractivity contribution is 0.681. The molecule has 0 spiro atoms. The van der Waals surface area contributed by atoms with Crippen LogP contribution in [0.1, 0.15) is 11.3 Å². The van der Waals surface area contributed by atoms with Crippen LogP contribution < -0.4 is 0 Å². The van der Waals surface area contributed by atoms with E-state index in [1.165, 1.54) is 5.56 Å². The lowest BCUT2D eigenvalue weighted by Gasteiger charge is -2.04. The van der Waals surface area contributed by atoms with Crippen LogP contribution >= 0.6 is 11.6 Å². The first kappa shape index (κ1) is 10.1. The van der Waals surface area contributed by atoms with Crippen molar-refractivity contribution in [1.29, 1.82) is 0 Å². The van der Waals surface area contributed by atoms with Crippen LogP contribution in [0.4, 0.5) is 0 Å². The second kappa shape index (κ2) is 4.40. The number of aromatic nitrogens is 4. The van der Waals surface area contributed by atoms with E-state index in [1.807, 2.05) is 6.07 Å². The molecule has 0 unspecified atom stereocenters. The number of nitrogens with zero attached hydrogens (tertiary/aromatic N) is 4. The predicted octanol–water partition coefficient (Wildman–Crippen LogP) is 1.88. The van der Waals surface area contributed by atoms with Crippen LogP contribution in [0.3, 0.4) is 0 Å². The van der Waals surface area contributed by atoms with Crippen LogP contribution in [0.25, 0.3) is 0 Å². The van der Waals surface area contributed by atoms with Crippen LogP contribution in [0, 0.1) is 6.92 Å². The molecule has 0 N–H and O–H groups in total. The average Bonchev–Trinajstić information content (AvgIpc) is 2.63. The van der Waals surface area contributed by atoms with Crippen LogP contribution in [-0.4, -0.2) is 19.7 Å². The van der Waals surface area contributed by atoms with Gasteiger partial charge in [0.2, 0.25) is 5.28 Å². The Hall–Kier alpha value is -1.42. The third-order valence-corrected chi connectivity index (χ3v) is 2.57. The van der Waals surface area contributed by atoms with E-state index in [2.05, 4.69) is 28.2 Å². The number of pyridine rings is 1. The molecule has 4 nitrogen and oxygen atoms in total. The van der Waals surface area contributed by atoms with Crippen molar-refractivity contribution >= 4 is 11.6 Å². The second-order valence-electron chi connectivity index (χ2n) is 3.31. The minimum atomic E-state index is 0.420. The maximum atomic E-state index is 5.81. The number of hydrogen-bond acceptors (Lipinski definition) is 3. The third-order valence-electron chi connectivity index (χ3n) is 2.28. The van der Waals surface area contributed by atoms with Crippen molar-refractivity contribution in [2.45, 2.75) is 19.9 Å². The molecule has 0 aliphatic heterocycles. The Labute approximate surface area is 92.9 Å². The summed E-state index contributed by atoms with van der Waals surface area (Å²) >= 11 is 5.81. The zero-order chi connectivity index (χ0) is 10.7. The number of aryl methyl sites for hydroxylation is 3. The van der Waals surface area contributed by atoms with Crippen molar-refractivity contribution in [3.63, 3.8) is 0 Å². The largest absolute Gasteiger partial charge is 0.304 e. The Bertz CT molecular complexity index is 452. The Balaban J connectivity index is 2.06. The van der Waals surface area contributed by atoms with E-state index in [0.29, 0.717) is 5.28 Å². The van der Waals surface area contributed by atoms with Crippen molar-refractivity contribution in [3.05, 3.63) is 41.2 Å². The summed E-state index contributed by atoms with van der Waals surface area (Å²) < 4.78 is 1.80. The van der Waals surface area contributed by atoms with Gasteiger partial charge in [0, 0.05) is 24.9 Å². The fraction of sp³-hybridized carbons (Fsp3) is 0.300. The third kappa shape index (κ3) is 2.33. The molecular weight excluding hydrogens is 212 g/mol. The van der Waals surface area contributed by atoms with Gasteiger partial charge in [0.05, 0.1) is 0 Å². The van der Waals surface area contributed by atoms with Gasteiger partial charge in [0.1, 0.15) is 6.33 Å². The Morgan fingerprint density at radius 2 is 2.33 bits per heavy atom. The van der Waals surface area contributed by atoms with E-state index < -0.39 is 0 Å². The summed E-state index contributed by atoms with van der Waals surface area (Å²) in [5.41, 5.74) is 2.28. The summed E-state index contributed by atoms with van der Waals surface area (Å²) in [5, 5.41) is 7.85. The van der Waals surface area contributed by atoms with Gasteiger partial charge in [0.15, 0.2) is 0 Å². The molecule has 0 saturated heterocycles. The molecule has 5 heteroatoms. The first-order valence-electron chi connectivity index (χ1n) is 4.71. The van der Waals surface area contributed by atoms with E-state index in [9.17, 15) is 0 Å². The topological polar surface area (TPSA) is 43.6 Å². The SMILES string of the molecule is Cc1cccnc1CCn1cnnc1Cl. The zero-order valence-electron chi connectivity index (χ0n) is 8.39. The highest BCUT2D eigenvalue weighted by Crippen LogP contribution is 2.08. The quantitative estimate of drug-likeness (QED) is 0.797. The number of halogens is 1. The molecule has 0 bridgehead atoms. The maximum Gasteiger partial charge on any atom is 0.224 e. The summed E-state index contributed by atoms with van der Waals surface area (Å²) in [6.07, 6.45) is 4.27. The lowest BCUT2D eigenvalue weighted by Crippen LogP contribution is -2.03. The van der Waals surface area contributed by atoms with Crippen LogP contribution in [-0.2, 0) is 13.0 Å². The van der Waals surface area contributed by atoms with Crippen LogP contribution in [0.15, 0.2) is 24.7 Å². The summed E-state index contributed by atoms with van der Waals surface area (Å²) in [6, 6.07) is 3.99. The highest BCUT2D eigenvalue weighted by atomic mass is 35.5. The van der Waals surface area contributed by atoms with Gasteiger partial charge in [-0.05, 0) is 30.2 Å². The summed E-state index contributed by atoms with van der Waals surface area (Å²) in [6.45, 7) is 2.81. The molecule has 0 fully saturated rings. The molecular formula is C10H11ClN4. The molecule has 2 heterocycles. The molecule has 15 heavy (non-hydrogen) atoms. The smallest absolute Gasteiger partial charge is 0.224 e. The van der Waals surface area contributed by atoms with E-state index >= 15 is 0 Å². The first-order valence-corrected chi connectivity index (χ1v) is 5.09. The highest BCUT2D eigenvalue weighted by molar-refractivity contribution is 6.28. The van der Waals surface area contributed by atoms with Crippen molar-refractivity contribution in [3.8, 4) is 0 Å². The molecule has 2 rings (SSSR count). The Kier molecular flexibility index (Phi) is 2.97. The van der Waals surface area contributed by atoms with Gasteiger partial charge in [-0.3, -0.25) is 4.98 Å². The monoisotopic (exact) mass is 222 g/mol. The molecule has 2 aromatic heterocycles. The first-order chi connectivity index (χ1) is 7.27. The predicted molar refractivity (Wildman–Crippen MR) is 57.7 cm³/mol. The Morgan fingerprint density at radius 3 is 3.00 bits per heavy atom.